The number of piperidine rings is 1. The molecule has 8 heteroatoms. The van der Waals surface area contributed by atoms with Gasteiger partial charge in [-0.1, -0.05) is 17.4 Å². The highest BCUT2D eigenvalue weighted by Crippen LogP contribution is 2.33. The van der Waals surface area contributed by atoms with E-state index in [1.54, 1.807) is 12.1 Å². The zero-order chi connectivity index (χ0) is 22.9. The number of anilines is 1. The third kappa shape index (κ3) is 4.26. The Hall–Kier alpha value is -3.52. The average Bonchev–Trinajstić information content (AvgIpc) is 3.18. The van der Waals surface area contributed by atoms with E-state index in [2.05, 4.69) is 63.2 Å². The van der Waals surface area contributed by atoms with Crippen LogP contribution in [0.15, 0.2) is 70.1 Å². The topological polar surface area (TPSA) is 74.5 Å². The van der Waals surface area contributed by atoms with Crippen LogP contribution in [0, 0.1) is 5.82 Å². The van der Waals surface area contributed by atoms with E-state index in [1.165, 1.54) is 17.8 Å². The molecule has 0 bridgehead atoms. The fourth-order valence-corrected chi connectivity index (χ4v) is 4.76. The molecular formula is C25H28FN7. The Morgan fingerprint density at radius 3 is 2.48 bits per heavy atom. The summed E-state index contributed by atoms with van der Waals surface area (Å²) < 4.78 is 15.5. The first-order valence-corrected chi connectivity index (χ1v) is 11.2. The summed E-state index contributed by atoms with van der Waals surface area (Å²) in [6, 6.07) is 15.6. The summed E-state index contributed by atoms with van der Waals surface area (Å²) in [4.78, 5) is 9.56. The molecule has 170 valence electrons. The van der Waals surface area contributed by atoms with Crippen molar-refractivity contribution >= 4 is 17.2 Å². The average molecular weight is 446 g/mol. The standard InChI is InChI=1S/C25H28FN7/c1-31(2)21-9-11-32(12-10-21)22-7-8-23-19(13-22)16-33-15-18(17-3-5-20(26)6-4-17)14-24(33)25(28-23)29-30-27/h3-8,13-15,21H,9-12,16H2,1-2H3,(H2,27,28,29). The van der Waals surface area contributed by atoms with Crippen LogP contribution in [-0.2, 0) is 6.54 Å². The largest absolute Gasteiger partial charge is 0.371 e. The number of amidine groups is 1. The van der Waals surface area contributed by atoms with Gasteiger partial charge in [0.25, 0.3) is 0 Å². The fourth-order valence-electron chi connectivity index (χ4n) is 4.76. The molecule has 0 unspecified atom stereocenters. The van der Waals surface area contributed by atoms with E-state index in [4.69, 9.17) is 10.8 Å². The minimum absolute atomic E-state index is 0.255. The van der Waals surface area contributed by atoms with Crippen molar-refractivity contribution < 1.29 is 4.39 Å². The normalized spacial score (nSPS) is 16.6. The second kappa shape index (κ2) is 8.78. The number of rotatable bonds is 3. The lowest BCUT2D eigenvalue weighted by atomic mass is 10.0. The summed E-state index contributed by atoms with van der Waals surface area (Å²) in [5.74, 6) is 5.60. The first-order chi connectivity index (χ1) is 16.0. The van der Waals surface area contributed by atoms with Gasteiger partial charge in [-0.15, -0.1) is 5.11 Å². The predicted molar refractivity (Wildman–Crippen MR) is 130 cm³/mol. The Balaban J connectivity index is 1.48. The van der Waals surface area contributed by atoms with Gasteiger partial charge < -0.3 is 20.2 Å². The molecule has 0 atom stereocenters. The third-order valence-electron chi connectivity index (χ3n) is 6.65. The quantitative estimate of drug-likeness (QED) is 0.364. The summed E-state index contributed by atoms with van der Waals surface area (Å²) in [5, 5.41) is 7.60. The van der Waals surface area contributed by atoms with Gasteiger partial charge in [0.15, 0.2) is 0 Å². The van der Waals surface area contributed by atoms with Gasteiger partial charge in [-0.05, 0) is 74.5 Å². The summed E-state index contributed by atoms with van der Waals surface area (Å²) in [5.41, 5.74) is 5.93. The maximum atomic E-state index is 13.4. The van der Waals surface area contributed by atoms with E-state index in [0.717, 1.165) is 54.0 Å². The summed E-state index contributed by atoms with van der Waals surface area (Å²) in [6.07, 6.45) is 4.37. The lowest BCUT2D eigenvalue weighted by molar-refractivity contribution is 0.249. The van der Waals surface area contributed by atoms with E-state index in [1.807, 2.05) is 6.07 Å². The predicted octanol–water partition coefficient (Wildman–Crippen LogP) is 4.59. The van der Waals surface area contributed by atoms with E-state index < -0.39 is 0 Å². The van der Waals surface area contributed by atoms with Crippen LogP contribution in [0.4, 0.5) is 15.8 Å². The van der Waals surface area contributed by atoms with Crippen LogP contribution in [0.3, 0.4) is 0 Å². The Kier molecular flexibility index (Phi) is 5.68. The van der Waals surface area contributed by atoms with Crippen LogP contribution in [0.2, 0.25) is 0 Å². The molecule has 1 fully saturated rings. The molecule has 3 aromatic rings. The molecule has 2 aromatic carbocycles. The van der Waals surface area contributed by atoms with Crippen molar-refractivity contribution in [2.24, 2.45) is 21.2 Å². The van der Waals surface area contributed by atoms with Gasteiger partial charge in [0, 0.05) is 43.1 Å². The molecule has 2 N–H and O–H groups in total. The van der Waals surface area contributed by atoms with Gasteiger partial charge in [-0.3, -0.25) is 0 Å². The molecule has 0 amide bonds. The fraction of sp³-hybridized carbons (Fsp3) is 0.320. The molecule has 0 aliphatic carbocycles. The second-order valence-electron chi connectivity index (χ2n) is 8.89. The molecule has 1 aromatic heterocycles. The highest BCUT2D eigenvalue weighted by atomic mass is 19.1. The molecule has 0 saturated carbocycles. The number of aromatic nitrogens is 1. The number of aliphatic imine (C=N–C) groups is 1. The van der Waals surface area contributed by atoms with Crippen LogP contribution in [0.5, 0.6) is 0 Å². The molecule has 2 aliphatic rings. The van der Waals surface area contributed by atoms with Crippen molar-refractivity contribution in [3.05, 3.63) is 71.8 Å². The van der Waals surface area contributed by atoms with Gasteiger partial charge in [-0.2, -0.15) is 0 Å². The first kappa shape index (κ1) is 21.3. The molecule has 2 aliphatic heterocycles. The number of hydrogen-bond donors (Lipinski definition) is 1. The lowest BCUT2D eigenvalue weighted by Crippen LogP contribution is -2.42. The van der Waals surface area contributed by atoms with Gasteiger partial charge >= 0.3 is 0 Å². The lowest BCUT2D eigenvalue weighted by Gasteiger charge is -2.36. The second-order valence-corrected chi connectivity index (χ2v) is 8.89. The third-order valence-corrected chi connectivity index (χ3v) is 6.65. The monoisotopic (exact) mass is 445 g/mol. The van der Waals surface area contributed by atoms with Crippen LogP contribution >= 0.6 is 0 Å². The minimum atomic E-state index is -0.255. The molecule has 7 nitrogen and oxygen atoms in total. The molecule has 3 heterocycles. The first-order valence-electron chi connectivity index (χ1n) is 11.2. The molecule has 0 radical (unpaired) electrons. The van der Waals surface area contributed by atoms with E-state index >= 15 is 0 Å². The van der Waals surface area contributed by atoms with Crippen LogP contribution < -0.4 is 10.7 Å². The van der Waals surface area contributed by atoms with E-state index in [-0.39, 0.29) is 5.82 Å². The summed E-state index contributed by atoms with van der Waals surface area (Å²) in [7, 11) is 4.32. The SMILES string of the molecule is CN(C)C1CCN(c2ccc3c(c2)Cn2cc(-c4ccc(F)cc4)cc2C(N=NN)=N3)CC1. The number of fused-ring (bicyclic) bond motifs is 2. The number of nitrogens with zero attached hydrogens (tertiary/aromatic N) is 6. The highest BCUT2D eigenvalue weighted by Gasteiger charge is 2.23. The van der Waals surface area contributed by atoms with Crippen molar-refractivity contribution in [2.45, 2.75) is 25.4 Å². The summed E-state index contributed by atoms with van der Waals surface area (Å²) in [6.45, 7) is 2.74. The van der Waals surface area contributed by atoms with Gasteiger partial charge in [0.2, 0.25) is 5.84 Å². The number of hydrogen-bond acceptors (Lipinski definition) is 5. The van der Waals surface area contributed by atoms with Crippen LogP contribution in [0.25, 0.3) is 11.1 Å². The van der Waals surface area contributed by atoms with Crippen molar-refractivity contribution in [3.8, 4) is 11.1 Å². The van der Waals surface area contributed by atoms with Crippen molar-refractivity contribution in [1.29, 1.82) is 0 Å². The Labute approximate surface area is 193 Å². The number of halogens is 1. The zero-order valence-electron chi connectivity index (χ0n) is 18.9. The molecule has 0 spiro atoms. The van der Waals surface area contributed by atoms with Crippen LogP contribution in [-0.4, -0.2) is 48.5 Å². The summed E-state index contributed by atoms with van der Waals surface area (Å²) >= 11 is 0. The Morgan fingerprint density at radius 2 is 1.79 bits per heavy atom. The van der Waals surface area contributed by atoms with Crippen molar-refractivity contribution in [3.63, 3.8) is 0 Å². The molecule has 5 rings (SSSR count). The van der Waals surface area contributed by atoms with Gasteiger partial charge in [-0.25, -0.2) is 9.38 Å². The Bertz CT molecular complexity index is 1200. The smallest absolute Gasteiger partial charge is 0.200 e. The number of benzene rings is 2. The van der Waals surface area contributed by atoms with E-state index in [0.29, 0.717) is 18.4 Å². The van der Waals surface area contributed by atoms with Crippen molar-refractivity contribution in [1.82, 2.24) is 9.47 Å². The van der Waals surface area contributed by atoms with Gasteiger partial charge in [0.05, 0.1) is 11.4 Å². The van der Waals surface area contributed by atoms with Crippen LogP contribution in [0.1, 0.15) is 24.1 Å². The van der Waals surface area contributed by atoms with Gasteiger partial charge in [0.1, 0.15) is 5.82 Å². The molecule has 1 saturated heterocycles. The molecular weight excluding hydrogens is 417 g/mol. The van der Waals surface area contributed by atoms with E-state index in [9.17, 15) is 4.39 Å². The maximum absolute atomic E-state index is 13.4. The minimum Gasteiger partial charge on any atom is -0.371 e. The number of nitrogens with two attached hydrogens (primary N) is 1. The Morgan fingerprint density at radius 1 is 1.03 bits per heavy atom. The zero-order valence-corrected chi connectivity index (χ0v) is 18.9. The highest BCUT2D eigenvalue weighted by molar-refractivity contribution is 6.01. The van der Waals surface area contributed by atoms with Crippen molar-refractivity contribution in [2.75, 3.05) is 32.1 Å². The molecule has 33 heavy (non-hydrogen) atoms. The maximum Gasteiger partial charge on any atom is 0.200 e.